The zero-order chi connectivity index (χ0) is 23.3. The molecule has 3 heterocycles. The molecule has 0 amide bonds. The second-order valence-corrected chi connectivity index (χ2v) is 10.9. The van der Waals surface area contributed by atoms with E-state index in [1.165, 1.54) is 4.31 Å². The summed E-state index contributed by atoms with van der Waals surface area (Å²) in [5, 5.41) is 18.1. The first-order valence-electron chi connectivity index (χ1n) is 11.2. The van der Waals surface area contributed by atoms with Crippen LogP contribution in [0.3, 0.4) is 0 Å². The Morgan fingerprint density at radius 3 is 2.79 bits per heavy atom. The van der Waals surface area contributed by atoms with E-state index in [2.05, 4.69) is 16.4 Å². The van der Waals surface area contributed by atoms with E-state index in [1.54, 1.807) is 24.4 Å². The summed E-state index contributed by atoms with van der Waals surface area (Å²) in [6.45, 7) is 4.02. The molecular formula is C23H26N6O3S. The Bertz CT molecular complexity index is 1430. The molecule has 2 aliphatic rings. The van der Waals surface area contributed by atoms with Gasteiger partial charge in [0.05, 0.1) is 28.4 Å². The van der Waals surface area contributed by atoms with Crippen LogP contribution in [0.25, 0.3) is 10.9 Å². The molecule has 0 spiro atoms. The van der Waals surface area contributed by atoms with E-state index in [1.807, 2.05) is 24.6 Å². The molecule has 172 valence electrons. The fourth-order valence-corrected chi connectivity index (χ4v) is 6.81. The molecule has 1 aliphatic carbocycles. The van der Waals surface area contributed by atoms with Gasteiger partial charge >= 0.3 is 0 Å². The first-order chi connectivity index (χ1) is 15.8. The van der Waals surface area contributed by atoms with Gasteiger partial charge in [0.1, 0.15) is 5.39 Å². The summed E-state index contributed by atoms with van der Waals surface area (Å²) in [7, 11) is -3.50. The van der Waals surface area contributed by atoms with Crippen LogP contribution in [0.5, 0.6) is 0 Å². The number of nitrogens with one attached hydrogen (secondary N) is 2. The number of hydrogen-bond acceptors (Lipinski definition) is 6. The Hall–Kier alpha value is -3.16. The smallest absolute Gasteiger partial charge is 0.261 e. The zero-order valence-electron chi connectivity index (χ0n) is 18.6. The van der Waals surface area contributed by atoms with Gasteiger partial charge in [-0.2, -0.15) is 14.7 Å². The summed E-state index contributed by atoms with van der Waals surface area (Å²) >= 11 is 0. The van der Waals surface area contributed by atoms with Crippen LogP contribution in [0.4, 0.5) is 11.5 Å². The average Bonchev–Trinajstić information content (AvgIpc) is 3.29. The molecule has 10 heteroatoms. The van der Waals surface area contributed by atoms with Crippen molar-refractivity contribution in [3.8, 4) is 6.07 Å². The maximum absolute atomic E-state index is 12.8. The van der Waals surface area contributed by atoms with Crippen molar-refractivity contribution >= 4 is 32.4 Å². The average molecular weight is 467 g/mol. The molecule has 1 aliphatic heterocycles. The molecule has 0 radical (unpaired) electrons. The van der Waals surface area contributed by atoms with Crippen molar-refractivity contribution in [3.63, 3.8) is 0 Å². The van der Waals surface area contributed by atoms with Crippen molar-refractivity contribution in [2.45, 2.75) is 63.1 Å². The van der Waals surface area contributed by atoms with Crippen molar-refractivity contribution < 1.29 is 8.42 Å². The fourth-order valence-electron chi connectivity index (χ4n) is 5.00. The highest BCUT2D eigenvalue weighted by Crippen LogP contribution is 2.38. The summed E-state index contributed by atoms with van der Waals surface area (Å²) in [5.41, 5.74) is 1.79. The molecule has 5 rings (SSSR count). The van der Waals surface area contributed by atoms with Gasteiger partial charge in [-0.1, -0.05) is 12.8 Å². The van der Waals surface area contributed by atoms with E-state index < -0.39 is 10.0 Å². The molecule has 3 aromatic rings. The Labute approximate surface area is 192 Å². The van der Waals surface area contributed by atoms with Crippen LogP contribution in [0.15, 0.2) is 40.2 Å². The first-order valence-corrected chi connectivity index (χ1v) is 12.7. The number of sulfonamides is 1. The van der Waals surface area contributed by atoms with Gasteiger partial charge in [-0.25, -0.2) is 8.42 Å². The van der Waals surface area contributed by atoms with Crippen molar-refractivity contribution in [2.75, 3.05) is 5.32 Å². The largest absolute Gasteiger partial charge is 0.338 e. The Morgan fingerprint density at radius 1 is 1.24 bits per heavy atom. The molecule has 33 heavy (non-hydrogen) atoms. The third-order valence-corrected chi connectivity index (χ3v) is 8.77. The SMILES string of the molecule is CC(C)N1Cc2cc(Nc3nn(C4CCCCC4C#N)c4cc[nH]c(=O)c34)ccc2S1(=O)=O. The lowest BCUT2D eigenvalue weighted by Gasteiger charge is -2.27. The van der Waals surface area contributed by atoms with Crippen LogP contribution >= 0.6 is 0 Å². The van der Waals surface area contributed by atoms with Gasteiger partial charge in [0.2, 0.25) is 10.0 Å². The number of pyridine rings is 1. The molecule has 2 unspecified atom stereocenters. The molecule has 1 aromatic carbocycles. The minimum absolute atomic E-state index is 0.0895. The van der Waals surface area contributed by atoms with E-state index in [-0.39, 0.29) is 23.6 Å². The lowest BCUT2D eigenvalue weighted by atomic mass is 9.85. The van der Waals surface area contributed by atoms with Crippen LogP contribution < -0.4 is 10.9 Å². The molecule has 0 bridgehead atoms. The second-order valence-electron chi connectivity index (χ2n) is 9.04. The number of nitriles is 1. The van der Waals surface area contributed by atoms with Crippen LogP contribution in [-0.2, 0) is 16.6 Å². The minimum atomic E-state index is -3.50. The van der Waals surface area contributed by atoms with Gasteiger partial charge < -0.3 is 10.3 Å². The Kier molecular flexibility index (Phi) is 5.26. The summed E-state index contributed by atoms with van der Waals surface area (Å²) in [4.78, 5) is 15.8. The highest BCUT2D eigenvalue weighted by Gasteiger charge is 2.36. The van der Waals surface area contributed by atoms with Crippen molar-refractivity contribution in [3.05, 3.63) is 46.4 Å². The normalized spacial score (nSPS) is 22.4. The Balaban J connectivity index is 1.56. The third-order valence-electron chi connectivity index (χ3n) is 6.65. The lowest BCUT2D eigenvalue weighted by Crippen LogP contribution is -2.31. The highest BCUT2D eigenvalue weighted by molar-refractivity contribution is 7.89. The first kappa shape index (κ1) is 21.7. The van der Waals surface area contributed by atoms with Gasteiger partial charge in [0.15, 0.2) is 5.82 Å². The highest BCUT2D eigenvalue weighted by atomic mass is 32.2. The van der Waals surface area contributed by atoms with Crippen LogP contribution in [-0.4, -0.2) is 33.5 Å². The maximum Gasteiger partial charge on any atom is 0.261 e. The van der Waals surface area contributed by atoms with Gasteiger partial charge in [0, 0.05) is 24.5 Å². The standard InChI is InChI=1S/C23H26N6O3S/c1-14(2)28-13-16-11-17(7-8-20(16)33(28,31)32)26-22-21-19(9-10-25-23(21)30)29(27-22)18-6-4-3-5-15(18)12-24/h7-11,14-15,18H,3-6,13H2,1-2H3,(H,25,30)(H,26,27). The topological polar surface area (TPSA) is 124 Å². The number of benzene rings is 1. The monoisotopic (exact) mass is 466 g/mol. The number of anilines is 2. The summed E-state index contributed by atoms with van der Waals surface area (Å²) in [5.74, 6) is 0.247. The fraction of sp³-hybridized carbons (Fsp3) is 0.435. The summed E-state index contributed by atoms with van der Waals surface area (Å²) < 4.78 is 28.8. The molecule has 1 fully saturated rings. The van der Waals surface area contributed by atoms with Crippen molar-refractivity contribution in [1.29, 1.82) is 5.26 Å². The molecular weight excluding hydrogens is 440 g/mol. The predicted molar refractivity (Wildman–Crippen MR) is 125 cm³/mol. The third kappa shape index (κ3) is 3.52. The number of nitrogens with zero attached hydrogens (tertiary/aromatic N) is 4. The molecule has 2 N–H and O–H groups in total. The van der Waals surface area contributed by atoms with E-state index >= 15 is 0 Å². The predicted octanol–water partition coefficient (Wildman–Crippen LogP) is 3.64. The van der Waals surface area contributed by atoms with Crippen molar-refractivity contribution in [1.82, 2.24) is 19.1 Å². The Morgan fingerprint density at radius 2 is 2.03 bits per heavy atom. The quantitative estimate of drug-likeness (QED) is 0.605. The van der Waals surface area contributed by atoms with Crippen LogP contribution in [0.2, 0.25) is 0 Å². The summed E-state index contributed by atoms with van der Waals surface area (Å²) in [6, 6.07) is 9.10. The number of fused-ring (bicyclic) bond motifs is 2. The number of rotatable bonds is 4. The van der Waals surface area contributed by atoms with Crippen LogP contribution in [0.1, 0.15) is 51.1 Å². The number of hydrogen-bond donors (Lipinski definition) is 2. The van der Waals surface area contributed by atoms with E-state index in [0.717, 1.165) is 25.7 Å². The number of H-pyrrole nitrogens is 1. The molecule has 0 saturated heterocycles. The molecule has 9 nitrogen and oxygen atoms in total. The van der Waals surface area contributed by atoms with Gasteiger partial charge in [-0.05, 0) is 56.5 Å². The molecule has 2 aromatic heterocycles. The zero-order valence-corrected chi connectivity index (χ0v) is 19.4. The van der Waals surface area contributed by atoms with Crippen LogP contribution in [0, 0.1) is 17.2 Å². The minimum Gasteiger partial charge on any atom is -0.338 e. The van der Waals surface area contributed by atoms with Gasteiger partial charge in [-0.3, -0.25) is 9.48 Å². The maximum atomic E-state index is 12.8. The molecule has 1 saturated carbocycles. The summed E-state index contributed by atoms with van der Waals surface area (Å²) in [6.07, 6.45) is 5.29. The number of aromatic nitrogens is 3. The van der Waals surface area contributed by atoms with E-state index in [4.69, 9.17) is 5.10 Å². The van der Waals surface area contributed by atoms with Gasteiger partial charge in [0.25, 0.3) is 5.56 Å². The number of aromatic amines is 1. The van der Waals surface area contributed by atoms with Crippen molar-refractivity contribution in [2.24, 2.45) is 5.92 Å². The van der Waals surface area contributed by atoms with E-state index in [9.17, 15) is 18.5 Å². The molecule has 2 atom stereocenters. The second kappa shape index (κ2) is 8.01. The van der Waals surface area contributed by atoms with Gasteiger partial charge in [-0.15, -0.1) is 0 Å². The lowest BCUT2D eigenvalue weighted by molar-refractivity contribution is 0.277. The van der Waals surface area contributed by atoms with E-state index in [0.29, 0.717) is 39.4 Å².